The molecular formula is C11H19N3O. The summed E-state index contributed by atoms with van der Waals surface area (Å²) in [6.07, 6.45) is 2.21. The van der Waals surface area contributed by atoms with E-state index in [1.807, 2.05) is 24.1 Å². The highest BCUT2D eigenvalue weighted by molar-refractivity contribution is 5.45. The molecule has 1 aromatic rings. The van der Waals surface area contributed by atoms with E-state index in [1.165, 1.54) is 0 Å². The van der Waals surface area contributed by atoms with E-state index in [2.05, 4.69) is 4.98 Å². The van der Waals surface area contributed by atoms with Gasteiger partial charge in [-0.1, -0.05) is 6.07 Å². The van der Waals surface area contributed by atoms with Crippen LogP contribution in [0.15, 0.2) is 18.3 Å². The second kappa shape index (κ2) is 5.68. The maximum Gasteiger partial charge on any atom is 0.132 e. The predicted molar refractivity (Wildman–Crippen MR) is 61.7 cm³/mol. The number of hydrogen-bond donors (Lipinski definition) is 2. The molecule has 84 valence electrons. The summed E-state index contributed by atoms with van der Waals surface area (Å²) in [5, 5.41) is 9.20. The van der Waals surface area contributed by atoms with Gasteiger partial charge < -0.3 is 15.7 Å². The van der Waals surface area contributed by atoms with Crippen LogP contribution >= 0.6 is 0 Å². The number of aliphatic hydroxyl groups is 1. The molecule has 0 aliphatic heterocycles. The van der Waals surface area contributed by atoms with Gasteiger partial charge in [-0.2, -0.15) is 0 Å². The fourth-order valence-corrected chi connectivity index (χ4v) is 1.42. The third kappa shape index (κ3) is 3.49. The van der Waals surface area contributed by atoms with Crippen LogP contribution in [0.5, 0.6) is 0 Å². The lowest BCUT2D eigenvalue weighted by Crippen LogP contribution is -2.24. The van der Waals surface area contributed by atoms with Gasteiger partial charge in [0.1, 0.15) is 5.82 Å². The average Bonchev–Trinajstić information content (AvgIpc) is 2.25. The zero-order chi connectivity index (χ0) is 11.3. The van der Waals surface area contributed by atoms with E-state index in [0.29, 0.717) is 6.54 Å². The van der Waals surface area contributed by atoms with Crippen LogP contribution in [0, 0.1) is 0 Å². The third-order valence-electron chi connectivity index (χ3n) is 2.33. The average molecular weight is 209 g/mol. The van der Waals surface area contributed by atoms with Gasteiger partial charge in [-0.15, -0.1) is 0 Å². The molecule has 1 atom stereocenters. The van der Waals surface area contributed by atoms with E-state index in [0.717, 1.165) is 24.3 Å². The van der Waals surface area contributed by atoms with Crippen LogP contribution in [0.25, 0.3) is 0 Å². The van der Waals surface area contributed by atoms with Crippen LogP contribution in [0.4, 0.5) is 5.82 Å². The Labute approximate surface area is 90.7 Å². The van der Waals surface area contributed by atoms with Crippen molar-refractivity contribution >= 4 is 5.82 Å². The molecule has 0 radical (unpaired) electrons. The summed E-state index contributed by atoms with van der Waals surface area (Å²) in [5.41, 5.74) is 6.66. The first-order valence-corrected chi connectivity index (χ1v) is 5.18. The van der Waals surface area contributed by atoms with Gasteiger partial charge in [-0.3, -0.25) is 0 Å². The number of hydrogen-bond acceptors (Lipinski definition) is 4. The highest BCUT2D eigenvalue weighted by atomic mass is 16.3. The number of aromatic nitrogens is 1. The summed E-state index contributed by atoms with van der Waals surface area (Å²) in [5.74, 6) is 0.903. The van der Waals surface area contributed by atoms with Crippen molar-refractivity contribution in [2.24, 2.45) is 5.73 Å². The lowest BCUT2D eigenvalue weighted by Gasteiger charge is -2.21. The largest absolute Gasteiger partial charge is 0.393 e. The lowest BCUT2D eigenvalue weighted by molar-refractivity contribution is 0.187. The zero-order valence-corrected chi connectivity index (χ0v) is 9.35. The topological polar surface area (TPSA) is 62.4 Å². The summed E-state index contributed by atoms with van der Waals surface area (Å²) in [7, 11) is 1.96. The Morgan fingerprint density at radius 1 is 1.60 bits per heavy atom. The summed E-state index contributed by atoms with van der Waals surface area (Å²) in [6.45, 7) is 3.06. The molecule has 0 saturated heterocycles. The minimum absolute atomic E-state index is 0.280. The molecule has 1 heterocycles. The Hall–Kier alpha value is -1.13. The lowest BCUT2D eigenvalue weighted by atomic mass is 10.2. The van der Waals surface area contributed by atoms with Crippen LogP contribution in [0.3, 0.4) is 0 Å². The summed E-state index contributed by atoms with van der Waals surface area (Å²) in [6, 6.07) is 3.86. The van der Waals surface area contributed by atoms with E-state index in [4.69, 9.17) is 5.73 Å². The van der Waals surface area contributed by atoms with Crippen molar-refractivity contribution < 1.29 is 5.11 Å². The van der Waals surface area contributed by atoms with Crippen molar-refractivity contribution in [2.45, 2.75) is 26.0 Å². The molecule has 0 fully saturated rings. The summed E-state index contributed by atoms with van der Waals surface area (Å²) < 4.78 is 0. The maximum atomic E-state index is 9.20. The van der Waals surface area contributed by atoms with Crippen LogP contribution in [-0.4, -0.2) is 29.8 Å². The molecule has 0 aliphatic rings. The molecule has 1 unspecified atom stereocenters. The SMILES string of the molecule is CC(O)CCN(C)c1ncccc1CN. The summed E-state index contributed by atoms with van der Waals surface area (Å²) >= 11 is 0. The fraction of sp³-hybridized carbons (Fsp3) is 0.545. The maximum absolute atomic E-state index is 9.20. The molecule has 0 bridgehead atoms. The minimum atomic E-state index is -0.280. The van der Waals surface area contributed by atoms with Crippen molar-refractivity contribution in [3.8, 4) is 0 Å². The first-order chi connectivity index (χ1) is 7.15. The predicted octanol–water partition coefficient (Wildman–Crippen LogP) is 0.747. The minimum Gasteiger partial charge on any atom is -0.393 e. The normalized spacial score (nSPS) is 12.5. The first-order valence-electron chi connectivity index (χ1n) is 5.18. The van der Waals surface area contributed by atoms with E-state index >= 15 is 0 Å². The molecule has 0 saturated carbocycles. The molecule has 0 amide bonds. The second-order valence-corrected chi connectivity index (χ2v) is 3.75. The molecule has 0 spiro atoms. The van der Waals surface area contributed by atoms with Gasteiger partial charge in [-0.05, 0) is 19.4 Å². The number of nitrogens with two attached hydrogens (primary N) is 1. The zero-order valence-electron chi connectivity index (χ0n) is 9.35. The molecule has 0 aliphatic carbocycles. The third-order valence-corrected chi connectivity index (χ3v) is 2.33. The van der Waals surface area contributed by atoms with Gasteiger partial charge >= 0.3 is 0 Å². The molecule has 4 heteroatoms. The number of pyridine rings is 1. The van der Waals surface area contributed by atoms with Gasteiger partial charge in [0.05, 0.1) is 6.10 Å². The Balaban J connectivity index is 2.68. The Morgan fingerprint density at radius 2 is 2.33 bits per heavy atom. The molecule has 4 nitrogen and oxygen atoms in total. The van der Waals surface area contributed by atoms with Crippen LogP contribution in [0.2, 0.25) is 0 Å². The van der Waals surface area contributed by atoms with Crippen molar-refractivity contribution in [1.29, 1.82) is 0 Å². The molecule has 3 N–H and O–H groups in total. The van der Waals surface area contributed by atoms with Crippen LogP contribution < -0.4 is 10.6 Å². The highest BCUT2D eigenvalue weighted by Crippen LogP contribution is 2.15. The van der Waals surface area contributed by atoms with Crippen molar-refractivity contribution in [2.75, 3.05) is 18.5 Å². The molecule has 1 aromatic heterocycles. The smallest absolute Gasteiger partial charge is 0.132 e. The Morgan fingerprint density at radius 3 is 2.93 bits per heavy atom. The molecular weight excluding hydrogens is 190 g/mol. The fourth-order valence-electron chi connectivity index (χ4n) is 1.42. The summed E-state index contributed by atoms with van der Waals surface area (Å²) in [4.78, 5) is 6.31. The van der Waals surface area contributed by atoms with Crippen molar-refractivity contribution in [3.05, 3.63) is 23.9 Å². The van der Waals surface area contributed by atoms with E-state index in [1.54, 1.807) is 13.1 Å². The van der Waals surface area contributed by atoms with E-state index < -0.39 is 0 Å². The quantitative estimate of drug-likeness (QED) is 0.751. The highest BCUT2D eigenvalue weighted by Gasteiger charge is 2.07. The van der Waals surface area contributed by atoms with Gasteiger partial charge in [0, 0.05) is 31.9 Å². The standard InChI is InChI=1S/C11H19N3O/c1-9(15)5-7-14(2)11-10(8-12)4-3-6-13-11/h3-4,6,9,15H,5,7-8,12H2,1-2H3. The Bertz CT molecular complexity index is 302. The molecule has 1 rings (SSSR count). The Kier molecular flexibility index (Phi) is 4.52. The van der Waals surface area contributed by atoms with Crippen molar-refractivity contribution in [1.82, 2.24) is 4.98 Å². The number of aliphatic hydroxyl groups excluding tert-OH is 1. The first kappa shape index (κ1) is 11.9. The van der Waals surface area contributed by atoms with E-state index in [9.17, 15) is 5.11 Å². The monoisotopic (exact) mass is 209 g/mol. The number of nitrogens with zero attached hydrogens (tertiary/aromatic N) is 2. The van der Waals surface area contributed by atoms with Gasteiger partial charge in [0.25, 0.3) is 0 Å². The molecule has 15 heavy (non-hydrogen) atoms. The number of rotatable bonds is 5. The van der Waals surface area contributed by atoms with Crippen molar-refractivity contribution in [3.63, 3.8) is 0 Å². The van der Waals surface area contributed by atoms with Gasteiger partial charge in [0.15, 0.2) is 0 Å². The van der Waals surface area contributed by atoms with Gasteiger partial charge in [0.2, 0.25) is 0 Å². The van der Waals surface area contributed by atoms with Gasteiger partial charge in [-0.25, -0.2) is 4.98 Å². The van der Waals surface area contributed by atoms with E-state index in [-0.39, 0.29) is 6.10 Å². The second-order valence-electron chi connectivity index (χ2n) is 3.75. The number of anilines is 1. The van der Waals surface area contributed by atoms with Crippen LogP contribution in [-0.2, 0) is 6.54 Å². The molecule has 0 aromatic carbocycles. The van der Waals surface area contributed by atoms with Crippen LogP contribution in [0.1, 0.15) is 18.9 Å².